The molecule has 2 unspecified atom stereocenters. The molecule has 41 heavy (non-hydrogen) atoms. The maximum absolute atomic E-state index is 14.1. The number of hydrogen-bond acceptors (Lipinski definition) is 6. The lowest BCUT2D eigenvalue weighted by molar-refractivity contribution is -0.143. The maximum Gasteiger partial charge on any atom is 0.408 e. The van der Waals surface area contributed by atoms with Crippen LogP contribution in [0.4, 0.5) is 4.79 Å². The van der Waals surface area contributed by atoms with Gasteiger partial charge in [0.15, 0.2) is 0 Å². The standard InChI is InChI=1S/C31H50N4O6/c1-5-6-7-8-9-13-19-35(29(39)25(21-26(32)37)34-30(40)41-31(2,3)4)27(22-15-14-18-24(36)20-22)28(38)33-23-16-11-10-12-17-23/h14-15,18,20,23,25,27,36H,5-13,16-17,19,21H2,1-4H3,(H2,32,37)(H,33,38)(H,34,40). The van der Waals surface area contributed by atoms with E-state index in [-0.39, 0.29) is 24.2 Å². The second kappa shape index (κ2) is 16.8. The maximum atomic E-state index is 14.1. The Labute approximate surface area is 244 Å². The van der Waals surface area contributed by atoms with Crippen molar-refractivity contribution in [3.8, 4) is 5.75 Å². The number of rotatable bonds is 15. The van der Waals surface area contributed by atoms with Crippen LogP contribution < -0.4 is 16.4 Å². The fraction of sp³-hybridized carbons (Fsp3) is 0.677. The van der Waals surface area contributed by atoms with Crippen molar-refractivity contribution in [1.29, 1.82) is 0 Å². The van der Waals surface area contributed by atoms with Crippen LogP contribution in [-0.2, 0) is 19.1 Å². The molecule has 0 aliphatic heterocycles. The summed E-state index contributed by atoms with van der Waals surface area (Å²) in [6, 6.07) is 3.86. The quantitative estimate of drug-likeness (QED) is 0.220. The third kappa shape index (κ3) is 12.4. The van der Waals surface area contributed by atoms with E-state index < -0.39 is 42.0 Å². The number of nitrogens with one attached hydrogen (secondary N) is 2. The van der Waals surface area contributed by atoms with Crippen LogP contribution in [0.3, 0.4) is 0 Å². The van der Waals surface area contributed by atoms with E-state index in [4.69, 9.17) is 10.5 Å². The summed E-state index contributed by atoms with van der Waals surface area (Å²) in [4.78, 5) is 54.1. The lowest BCUT2D eigenvalue weighted by Gasteiger charge is -2.35. The average molecular weight is 575 g/mol. The monoisotopic (exact) mass is 574 g/mol. The highest BCUT2D eigenvalue weighted by atomic mass is 16.6. The molecule has 1 aromatic rings. The van der Waals surface area contributed by atoms with Crippen LogP contribution in [0.25, 0.3) is 0 Å². The summed E-state index contributed by atoms with van der Waals surface area (Å²) in [7, 11) is 0. The molecule has 230 valence electrons. The van der Waals surface area contributed by atoms with Crippen LogP contribution in [-0.4, -0.2) is 58.1 Å². The second-order valence-electron chi connectivity index (χ2n) is 12.0. The van der Waals surface area contributed by atoms with Gasteiger partial charge < -0.3 is 31.1 Å². The first kappa shape index (κ1) is 33.9. The van der Waals surface area contributed by atoms with Crippen molar-refractivity contribution in [2.45, 2.75) is 128 Å². The Morgan fingerprint density at radius 2 is 1.71 bits per heavy atom. The SMILES string of the molecule is CCCCCCCCN(C(=O)C(CC(N)=O)NC(=O)OC(C)(C)C)C(C(=O)NC1CCCCC1)c1cccc(O)c1. The molecule has 1 aliphatic carbocycles. The van der Waals surface area contributed by atoms with Gasteiger partial charge in [0.2, 0.25) is 17.7 Å². The van der Waals surface area contributed by atoms with Gasteiger partial charge in [-0.3, -0.25) is 14.4 Å². The molecular weight excluding hydrogens is 524 g/mol. The molecule has 10 heteroatoms. The van der Waals surface area contributed by atoms with E-state index >= 15 is 0 Å². The average Bonchev–Trinajstić information content (AvgIpc) is 2.88. The van der Waals surface area contributed by atoms with E-state index in [1.54, 1.807) is 32.9 Å². The highest BCUT2D eigenvalue weighted by Crippen LogP contribution is 2.28. The number of phenolic OH excluding ortho intramolecular Hbond substituents is 1. The first-order valence-corrected chi connectivity index (χ1v) is 15.1. The van der Waals surface area contributed by atoms with Gasteiger partial charge >= 0.3 is 6.09 Å². The molecule has 1 aromatic carbocycles. The summed E-state index contributed by atoms with van der Waals surface area (Å²) < 4.78 is 5.34. The van der Waals surface area contributed by atoms with Crippen LogP contribution in [0.1, 0.15) is 116 Å². The number of ether oxygens (including phenoxy) is 1. The molecule has 1 fully saturated rings. The van der Waals surface area contributed by atoms with Gasteiger partial charge in [-0.2, -0.15) is 0 Å². The van der Waals surface area contributed by atoms with Gasteiger partial charge in [-0.05, 0) is 57.7 Å². The number of benzene rings is 1. The van der Waals surface area contributed by atoms with Gasteiger partial charge in [-0.25, -0.2) is 4.79 Å². The molecule has 0 spiro atoms. The number of nitrogens with two attached hydrogens (primary N) is 1. The Balaban J connectivity index is 2.44. The van der Waals surface area contributed by atoms with E-state index in [0.29, 0.717) is 12.0 Å². The number of amides is 4. The number of carbonyl (C=O) groups is 4. The van der Waals surface area contributed by atoms with E-state index in [9.17, 15) is 24.3 Å². The summed E-state index contributed by atoms with van der Waals surface area (Å²) >= 11 is 0. The normalized spacial score (nSPS) is 15.4. The number of alkyl carbamates (subject to hydrolysis) is 1. The molecule has 0 heterocycles. The zero-order valence-electron chi connectivity index (χ0n) is 25.2. The number of hydrogen-bond donors (Lipinski definition) is 4. The summed E-state index contributed by atoms with van der Waals surface area (Å²) in [5.74, 6) is -1.79. The minimum atomic E-state index is -1.33. The molecule has 10 nitrogen and oxygen atoms in total. The van der Waals surface area contributed by atoms with Crippen LogP contribution in [0.2, 0.25) is 0 Å². The second-order valence-corrected chi connectivity index (χ2v) is 12.0. The molecule has 1 aliphatic rings. The number of carbonyl (C=O) groups excluding carboxylic acids is 4. The zero-order chi connectivity index (χ0) is 30.4. The number of phenols is 1. The highest BCUT2D eigenvalue weighted by Gasteiger charge is 2.37. The van der Waals surface area contributed by atoms with Gasteiger partial charge in [0.05, 0.1) is 6.42 Å². The van der Waals surface area contributed by atoms with E-state index in [2.05, 4.69) is 17.6 Å². The molecule has 0 saturated heterocycles. The molecule has 0 radical (unpaired) electrons. The minimum absolute atomic E-state index is 0.0108. The van der Waals surface area contributed by atoms with Crippen molar-refractivity contribution >= 4 is 23.8 Å². The lowest BCUT2D eigenvalue weighted by atomic mass is 9.94. The third-order valence-corrected chi connectivity index (χ3v) is 7.13. The Hall–Kier alpha value is -3.30. The van der Waals surface area contributed by atoms with Crippen molar-refractivity contribution < 1.29 is 29.0 Å². The van der Waals surface area contributed by atoms with Crippen LogP contribution in [0.15, 0.2) is 24.3 Å². The van der Waals surface area contributed by atoms with Crippen molar-refractivity contribution in [2.24, 2.45) is 5.73 Å². The molecule has 0 bridgehead atoms. The van der Waals surface area contributed by atoms with Crippen molar-refractivity contribution in [1.82, 2.24) is 15.5 Å². The van der Waals surface area contributed by atoms with Crippen molar-refractivity contribution in [3.05, 3.63) is 29.8 Å². The van der Waals surface area contributed by atoms with Crippen LogP contribution in [0, 0.1) is 0 Å². The lowest BCUT2D eigenvalue weighted by Crippen LogP contribution is -2.55. The molecule has 2 rings (SSSR count). The number of aromatic hydroxyl groups is 1. The molecule has 4 amide bonds. The van der Waals surface area contributed by atoms with Crippen molar-refractivity contribution in [3.63, 3.8) is 0 Å². The largest absolute Gasteiger partial charge is 0.508 e. The molecule has 0 aromatic heterocycles. The van der Waals surface area contributed by atoms with Gasteiger partial charge in [0.25, 0.3) is 0 Å². The molecular formula is C31H50N4O6. The van der Waals surface area contributed by atoms with Crippen molar-refractivity contribution in [2.75, 3.05) is 6.54 Å². The number of primary amides is 1. The smallest absolute Gasteiger partial charge is 0.408 e. The third-order valence-electron chi connectivity index (χ3n) is 7.13. The molecule has 1 saturated carbocycles. The fourth-order valence-corrected chi connectivity index (χ4v) is 5.18. The Bertz CT molecular complexity index is 1000. The number of unbranched alkanes of at least 4 members (excludes halogenated alkanes) is 5. The van der Waals surface area contributed by atoms with Gasteiger partial charge in [0.1, 0.15) is 23.4 Å². The van der Waals surface area contributed by atoms with E-state index in [0.717, 1.165) is 64.2 Å². The van der Waals surface area contributed by atoms with Crippen LogP contribution in [0.5, 0.6) is 5.75 Å². The minimum Gasteiger partial charge on any atom is -0.508 e. The fourth-order valence-electron chi connectivity index (χ4n) is 5.18. The molecule has 2 atom stereocenters. The predicted molar refractivity (Wildman–Crippen MR) is 158 cm³/mol. The Morgan fingerprint density at radius 3 is 2.32 bits per heavy atom. The van der Waals surface area contributed by atoms with Gasteiger partial charge in [-0.1, -0.05) is 70.4 Å². The summed E-state index contributed by atoms with van der Waals surface area (Å²) in [5, 5.41) is 15.9. The van der Waals surface area contributed by atoms with Crippen LogP contribution >= 0.6 is 0 Å². The van der Waals surface area contributed by atoms with Gasteiger partial charge in [-0.15, -0.1) is 0 Å². The number of nitrogens with zero attached hydrogens (tertiary/aromatic N) is 1. The predicted octanol–water partition coefficient (Wildman–Crippen LogP) is 4.84. The summed E-state index contributed by atoms with van der Waals surface area (Å²) in [5.41, 5.74) is 5.09. The van der Waals surface area contributed by atoms with E-state index in [1.807, 2.05) is 0 Å². The highest BCUT2D eigenvalue weighted by molar-refractivity contribution is 5.94. The summed E-state index contributed by atoms with van der Waals surface area (Å²) in [6.45, 7) is 7.43. The molecule has 5 N–H and O–H groups in total. The van der Waals surface area contributed by atoms with E-state index in [1.165, 1.54) is 17.0 Å². The summed E-state index contributed by atoms with van der Waals surface area (Å²) in [6.07, 6.45) is 9.31. The first-order valence-electron chi connectivity index (χ1n) is 15.1. The Kier molecular flexibility index (Phi) is 13.9. The first-order chi connectivity index (χ1) is 19.4. The topological polar surface area (TPSA) is 151 Å². The van der Waals surface area contributed by atoms with Gasteiger partial charge in [0, 0.05) is 12.6 Å². The Morgan fingerprint density at radius 1 is 1.05 bits per heavy atom. The zero-order valence-corrected chi connectivity index (χ0v) is 25.2.